The first kappa shape index (κ1) is 16.5. The number of benzene rings is 1. The van der Waals surface area contributed by atoms with Crippen LogP contribution in [0.5, 0.6) is 11.5 Å². The molecule has 0 fully saturated rings. The fraction of sp³-hybridized carbons (Fsp3) is 0.550. The van der Waals surface area contributed by atoms with Crippen molar-refractivity contribution in [1.29, 1.82) is 0 Å². The molecule has 0 radical (unpaired) electrons. The summed E-state index contributed by atoms with van der Waals surface area (Å²) >= 11 is 0. The Morgan fingerprint density at radius 3 is 2.92 bits per heavy atom. The second kappa shape index (κ2) is 6.37. The maximum absolute atomic E-state index is 5.83. The summed E-state index contributed by atoms with van der Waals surface area (Å²) in [6.45, 7) is 8.66. The molecular formula is C20H27N3O2. The minimum Gasteiger partial charge on any atom is -0.486 e. The van der Waals surface area contributed by atoms with Gasteiger partial charge < -0.3 is 14.8 Å². The van der Waals surface area contributed by atoms with Crippen molar-refractivity contribution < 1.29 is 9.47 Å². The van der Waals surface area contributed by atoms with Crippen molar-refractivity contribution in [3.05, 3.63) is 41.2 Å². The summed E-state index contributed by atoms with van der Waals surface area (Å²) in [5.41, 5.74) is 3.92. The van der Waals surface area contributed by atoms with Crippen LogP contribution in [-0.2, 0) is 18.5 Å². The van der Waals surface area contributed by atoms with Crippen molar-refractivity contribution in [1.82, 2.24) is 15.1 Å². The Hall–Kier alpha value is -2.01. The monoisotopic (exact) mass is 341 g/mol. The molecule has 5 heteroatoms. The zero-order valence-corrected chi connectivity index (χ0v) is 15.3. The number of fused-ring (bicyclic) bond motifs is 2. The van der Waals surface area contributed by atoms with Gasteiger partial charge in [-0.05, 0) is 46.1 Å². The summed E-state index contributed by atoms with van der Waals surface area (Å²) < 4.78 is 13.7. The number of nitrogens with one attached hydrogen (secondary N) is 1. The molecule has 134 valence electrons. The predicted molar refractivity (Wildman–Crippen MR) is 97.2 cm³/mol. The largest absolute Gasteiger partial charge is 0.486 e. The molecule has 0 saturated heterocycles. The molecule has 0 bridgehead atoms. The number of hydrogen-bond acceptors (Lipinski definition) is 4. The van der Waals surface area contributed by atoms with Crippen molar-refractivity contribution in [3.8, 4) is 11.5 Å². The van der Waals surface area contributed by atoms with Gasteiger partial charge in [0.15, 0.2) is 11.5 Å². The van der Waals surface area contributed by atoms with Crippen LogP contribution >= 0.6 is 0 Å². The highest BCUT2D eigenvalue weighted by Crippen LogP contribution is 2.35. The standard InChI is InChI=1S/C20H27N3O2/c1-20(2,3)23-17-8-5-7-16(15(17)13-22-23)21-12-14-6-4-9-18-19(14)25-11-10-24-18/h4,6,9,13,16,21H,5,7-8,10-12H2,1-3H3/t16-/m0/s1. The van der Waals surface area contributed by atoms with E-state index >= 15 is 0 Å². The topological polar surface area (TPSA) is 48.3 Å². The second-order valence-corrected chi connectivity index (χ2v) is 7.90. The van der Waals surface area contributed by atoms with Gasteiger partial charge >= 0.3 is 0 Å². The summed E-state index contributed by atoms with van der Waals surface area (Å²) in [5, 5.41) is 8.40. The van der Waals surface area contributed by atoms with Gasteiger partial charge in [-0.1, -0.05) is 12.1 Å². The highest BCUT2D eigenvalue weighted by Gasteiger charge is 2.28. The molecule has 1 aromatic carbocycles. The van der Waals surface area contributed by atoms with E-state index in [4.69, 9.17) is 9.47 Å². The molecule has 1 aliphatic carbocycles. The van der Waals surface area contributed by atoms with Gasteiger partial charge in [-0.25, -0.2) is 0 Å². The van der Waals surface area contributed by atoms with E-state index < -0.39 is 0 Å². The molecule has 1 N–H and O–H groups in total. The molecule has 1 atom stereocenters. The van der Waals surface area contributed by atoms with Crippen molar-refractivity contribution in [2.24, 2.45) is 0 Å². The van der Waals surface area contributed by atoms with Gasteiger partial charge in [0.1, 0.15) is 13.2 Å². The molecule has 0 amide bonds. The molecule has 2 aliphatic rings. The van der Waals surface area contributed by atoms with Gasteiger partial charge in [0.25, 0.3) is 0 Å². The lowest BCUT2D eigenvalue weighted by Crippen LogP contribution is -2.29. The summed E-state index contributed by atoms with van der Waals surface area (Å²) in [6, 6.07) is 6.47. The Kier molecular flexibility index (Phi) is 4.20. The lowest BCUT2D eigenvalue weighted by Gasteiger charge is -2.28. The first-order valence-electron chi connectivity index (χ1n) is 9.22. The fourth-order valence-corrected chi connectivity index (χ4v) is 3.85. The fourth-order valence-electron chi connectivity index (χ4n) is 3.85. The summed E-state index contributed by atoms with van der Waals surface area (Å²) in [6.07, 6.45) is 5.51. The third-order valence-electron chi connectivity index (χ3n) is 5.01. The van der Waals surface area contributed by atoms with Crippen LogP contribution in [-0.4, -0.2) is 23.0 Å². The van der Waals surface area contributed by atoms with Gasteiger partial charge in [0.05, 0.1) is 11.7 Å². The first-order valence-corrected chi connectivity index (χ1v) is 9.22. The van der Waals surface area contributed by atoms with Crippen molar-refractivity contribution in [2.45, 2.75) is 58.2 Å². The Balaban J connectivity index is 1.53. The van der Waals surface area contributed by atoms with Gasteiger partial charge in [0, 0.05) is 29.4 Å². The van der Waals surface area contributed by atoms with E-state index in [1.165, 1.54) is 17.7 Å². The number of para-hydroxylation sites is 1. The van der Waals surface area contributed by atoms with Crippen LogP contribution in [0, 0.1) is 0 Å². The van der Waals surface area contributed by atoms with E-state index in [1.54, 1.807) is 0 Å². The molecule has 2 heterocycles. The number of aromatic nitrogens is 2. The van der Waals surface area contributed by atoms with E-state index in [0.717, 1.165) is 36.4 Å². The lowest BCUT2D eigenvalue weighted by molar-refractivity contribution is 0.169. The van der Waals surface area contributed by atoms with Crippen LogP contribution in [0.15, 0.2) is 24.4 Å². The highest BCUT2D eigenvalue weighted by atomic mass is 16.6. The third-order valence-corrected chi connectivity index (χ3v) is 5.01. The zero-order chi connectivity index (χ0) is 17.4. The second-order valence-electron chi connectivity index (χ2n) is 7.90. The maximum atomic E-state index is 5.83. The Morgan fingerprint density at radius 1 is 1.24 bits per heavy atom. The molecule has 25 heavy (non-hydrogen) atoms. The molecule has 0 unspecified atom stereocenters. The SMILES string of the molecule is CC(C)(C)n1ncc2c1CCC[C@@H]2NCc1cccc2c1OCCO2. The number of nitrogens with zero attached hydrogens (tertiary/aromatic N) is 2. The summed E-state index contributed by atoms with van der Waals surface area (Å²) in [5.74, 6) is 1.75. The van der Waals surface area contributed by atoms with E-state index in [2.05, 4.69) is 48.1 Å². The van der Waals surface area contributed by atoms with Crippen molar-refractivity contribution in [3.63, 3.8) is 0 Å². The molecule has 1 aliphatic heterocycles. The van der Waals surface area contributed by atoms with Gasteiger partial charge in [-0.2, -0.15) is 5.10 Å². The minimum atomic E-state index is 0.0269. The molecule has 0 spiro atoms. The molecule has 4 rings (SSSR count). The number of hydrogen-bond donors (Lipinski definition) is 1. The average Bonchev–Trinajstić information content (AvgIpc) is 3.05. The molecule has 2 aromatic rings. The average molecular weight is 341 g/mol. The Labute approximate surface area is 149 Å². The third kappa shape index (κ3) is 3.13. The first-order chi connectivity index (χ1) is 12.0. The van der Waals surface area contributed by atoms with Gasteiger partial charge in [-0.15, -0.1) is 0 Å². The molecule has 5 nitrogen and oxygen atoms in total. The predicted octanol–water partition coefficient (Wildman–Crippen LogP) is 3.58. The Morgan fingerprint density at radius 2 is 2.08 bits per heavy atom. The van der Waals surface area contributed by atoms with Crippen LogP contribution in [0.2, 0.25) is 0 Å². The van der Waals surface area contributed by atoms with E-state index in [1.807, 2.05) is 12.1 Å². The van der Waals surface area contributed by atoms with Crippen LogP contribution in [0.3, 0.4) is 0 Å². The van der Waals surface area contributed by atoms with Crippen LogP contribution < -0.4 is 14.8 Å². The zero-order valence-electron chi connectivity index (χ0n) is 15.3. The molecule has 1 aromatic heterocycles. The Bertz CT molecular complexity index is 761. The van der Waals surface area contributed by atoms with E-state index in [0.29, 0.717) is 19.3 Å². The van der Waals surface area contributed by atoms with Crippen LogP contribution in [0.1, 0.15) is 56.5 Å². The smallest absolute Gasteiger partial charge is 0.165 e. The van der Waals surface area contributed by atoms with Gasteiger partial charge in [0.2, 0.25) is 0 Å². The van der Waals surface area contributed by atoms with Gasteiger partial charge in [-0.3, -0.25) is 4.68 Å². The minimum absolute atomic E-state index is 0.0269. The summed E-state index contributed by atoms with van der Waals surface area (Å²) in [4.78, 5) is 0. The highest BCUT2D eigenvalue weighted by molar-refractivity contribution is 5.47. The van der Waals surface area contributed by atoms with Crippen molar-refractivity contribution in [2.75, 3.05) is 13.2 Å². The lowest BCUT2D eigenvalue weighted by atomic mass is 9.92. The quantitative estimate of drug-likeness (QED) is 0.927. The summed E-state index contributed by atoms with van der Waals surface area (Å²) in [7, 11) is 0. The van der Waals surface area contributed by atoms with Crippen LogP contribution in [0.25, 0.3) is 0 Å². The van der Waals surface area contributed by atoms with E-state index in [9.17, 15) is 0 Å². The normalized spacial score (nSPS) is 19.6. The van der Waals surface area contributed by atoms with E-state index in [-0.39, 0.29) is 5.54 Å². The molecule has 0 saturated carbocycles. The number of rotatable bonds is 3. The number of ether oxygens (including phenoxy) is 2. The van der Waals surface area contributed by atoms with Crippen molar-refractivity contribution >= 4 is 0 Å². The molecular weight excluding hydrogens is 314 g/mol. The van der Waals surface area contributed by atoms with Crippen LogP contribution in [0.4, 0.5) is 0 Å². The maximum Gasteiger partial charge on any atom is 0.165 e.